The van der Waals surface area contributed by atoms with Gasteiger partial charge in [0.1, 0.15) is 5.75 Å². The summed E-state index contributed by atoms with van der Waals surface area (Å²) in [5.41, 5.74) is 5.88. The Morgan fingerprint density at radius 2 is 1.89 bits per heavy atom. The lowest BCUT2D eigenvalue weighted by atomic mass is 10.1. The minimum Gasteiger partial charge on any atom is -0.496 e. The molecule has 0 aromatic heterocycles. The molecule has 1 aliphatic heterocycles. The second-order valence-electron chi connectivity index (χ2n) is 5.95. The van der Waals surface area contributed by atoms with Crippen molar-refractivity contribution in [2.45, 2.75) is 12.8 Å². The molecule has 0 spiro atoms. The smallest absolute Gasteiger partial charge is 0.273 e. The SMILES string of the molecule is COc1ccc(Cl)cc1C(=O)NNC(=O)c1cccc(N2CCCC2=O)c1. The second-order valence-corrected chi connectivity index (χ2v) is 6.39. The van der Waals surface area contributed by atoms with Gasteiger partial charge in [0, 0.05) is 29.2 Å². The van der Waals surface area contributed by atoms with Gasteiger partial charge in [0.15, 0.2) is 0 Å². The molecule has 1 aliphatic rings. The summed E-state index contributed by atoms with van der Waals surface area (Å²) in [5, 5.41) is 0.371. The molecule has 2 N–H and O–H groups in total. The lowest BCUT2D eigenvalue weighted by Gasteiger charge is -2.16. The molecule has 0 aliphatic carbocycles. The standard InChI is InChI=1S/C19H18ClN3O4/c1-27-16-8-7-13(20)11-15(16)19(26)22-21-18(25)12-4-2-5-14(10-12)23-9-3-6-17(23)24/h2,4-5,7-8,10-11H,3,6,9H2,1H3,(H,21,25)(H,22,26). The molecule has 0 unspecified atom stereocenters. The van der Waals surface area contributed by atoms with Crippen LogP contribution in [0, 0.1) is 0 Å². The lowest BCUT2D eigenvalue weighted by molar-refractivity contribution is -0.117. The maximum absolute atomic E-state index is 12.4. The second kappa shape index (κ2) is 8.09. The highest BCUT2D eigenvalue weighted by Crippen LogP contribution is 2.23. The van der Waals surface area contributed by atoms with Crippen molar-refractivity contribution < 1.29 is 19.1 Å². The van der Waals surface area contributed by atoms with Crippen molar-refractivity contribution >= 4 is 35.0 Å². The number of methoxy groups -OCH3 is 1. The zero-order chi connectivity index (χ0) is 19.4. The first-order valence-electron chi connectivity index (χ1n) is 8.34. The number of carbonyl (C=O) groups excluding carboxylic acids is 3. The van der Waals surface area contributed by atoms with E-state index in [0.29, 0.717) is 35.0 Å². The zero-order valence-corrected chi connectivity index (χ0v) is 15.4. The number of halogens is 1. The van der Waals surface area contributed by atoms with E-state index in [1.54, 1.807) is 41.3 Å². The Balaban J connectivity index is 1.68. The Kier molecular flexibility index (Phi) is 5.61. The number of ether oxygens (including phenoxy) is 1. The van der Waals surface area contributed by atoms with Crippen molar-refractivity contribution in [2.24, 2.45) is 0 Å². The van der Waals surface area contributed by atoms with Crippen LogP contribution in [0.1, 0.15) is 33.6 Å². The van der Waals surface area contributed by atoms with Crippen molar-refractivity contribution in [1.82, 2.24) is 10.9 Å². The third-order valence-corrected chi connectivity index (χ3v) is 4.42. The number of hydrogen-bond donors (Lipinski definition) is 2. The van der Waals surface area contributed by atoms with Gasteiger partial charge in [-0.15, -0.1) is 0 Å². The van der Waals surface area contributed by atoms with Gasteiger partial charge in [-0.2, -0.15) is 0 Å². The molecule has 2 aromatic carbocycles. The summed E-state index contributed by atoms with van der Waals surface area (Å²) < 4.78 is 5.13. The summed E-state index contributed by atoms with van der Waals surface area (Å²) in [7, 11) is 1.43. The third kappa shape index (κ3) is 4.20. The van der Waals surface area contributed by atoms with Crippen LogP contribution in [0.5, 0.6) is 5.75 Å². The van der Waals surface area contributed by atoms with Gasteiger partial charge >= 0.3 is 0 Å². The Labute approximate surface area is 161 Å². The number of anilines is 1. The third-order valence-electron chi connectivity index (χ3n) is 4.19. The fourth-order valence-electron chi connectivity index (χ4n) is 2.85. The number of hydrazine groups is 1. The van der Waals surface area contributed by atoms with E-state index in [0.717, 1.165) is 6.42 Å². The van der Waals surface area contributed by atoms with Crippen LogP contribution in [0.25, 0.3) is 0 Å². The number of nitrogens with one attached hydrogen (secondary N) is 2. The monoisotopic (exact) mass is 387 g/mol. The average molecular weight is 388 g/mol. The van der Waals surface area contributed by atoms with E-state index in [4.69, 9.17) is 16.3 Å². The van der Waals surface area contributed by atoms with Gasteiger partial charge in [0.05, 0.1) is 12.7 Å². The van der Waals surface area contributed by atoms with E-state index in [-0.39, 0.29) is 11.5 Å². The molecular weight excluding hydrogens is 370 g/mol. The summed E-state index contributed by atoms with van der Waals surface area (Å²) in [6.07, 6.45) is 1.31. The van der Waals surface area contributed by atoms with Gasteiger partial charge in [-0.05, 0) is 42.8 Å². The maximum Gasteiger partial charge on any atom is 0.273 e. The quantitative estimate of drug-likeness (QED) is 0.789. The predicted molar refractivity (Wildman–Crippen MR) is 101 cm³/mol. The van der Waals surface area contributed by atoms with E-state index < -0.39 is 11.8 Å². The van der Waals surface area contributed by atoms with Crippen molar-refractivity contribution in [3.05, 3.63) is 58.6 Å². The molecule has 7 nitrogen and oxygen atoms in total. The molecule has 1 fully saturated rings. The van der Waals surface area contributed by atoms with Crippen LogP contribution in [0.2, 0.25) is 5.02 Å². The molecule has 2 aromatic rings. The van der Waals surface area contributed by atoms with Gasteiger partial charge in [-0.1, -0.05) is 17.7 Å². The topological polar surface area (TPSA) is 87.7 Å². The van der Waals surface area contributed by atoms with Gasteiger partial charge in [0.2, 0.25) is 5.91 Å². The Morgan fingerprint density at radius 1 is 1.11 bits per heavy atom. The number of amides is 3. The lowest BCUT2D eigenvalue weighted by Crippen LogP contribution is -2.41. The molecule has 27 heavy (non-hydrogen) atoms. The molecule has 0 atom stereocenters. The van der Waals surface area contributed by atoms with E-state index in [2.05, 4.69) is 10.9 Å². The number of benzene rings is 2. The van der Waals surface area contributed by atoms with Crippen molar-refractivity contribution in [1.29, 1.82) is 0 Å². The van der Waals surface area contributed by atoms with Crippen LogP contribution >= 0.6 is 11.6 Å². The molecule has 3 rings (SSSR count). The Hall–Kier alpha value is -3.06. The van der Waals surface area contributed by atoms with Gasteiger partial charge in [-0.25, -0.2) is 0 Å². The van der Waals surface area contributed by atoms with Crippen molar-refractivity contribution in [2.75, 3.05) is 18.6 Å². The fourth-order valence-corrected chi connectivity index (χ4v) is 3.02. The first kappa shape index (κ1) is 18.7. The largest absolute Gasteiger partial charge is 0.496 e. The summed E-state index contributed by atoms with van der Waals surface area (Å²) in [6.45, 7) is 0.634. The molecule has 0 bridgehead atoms. The van der Waals surface area contributed by atoms with Gasteiger partial charge in [-0.3, -0.25) is 25.2 Å². The highest BCUT2D eigenvalue weighted by Gasteiger charge is 2.22. The Morgan fingerprint density at radius 3 is 2.59 bits per heavy atom. The predicted octanol–water partition coefficient (Wildman–Crippen LogP) is 2.55. The molecule has 0 saturated carbocycles. The molecule has 3 amide bonds. The van der Waals surface area contributed by atoms with Crippen LogP contribution in [0.3, 0.4) is 0 Å². The molecule has 140 valence electrons. The number of rotatable bonds is 4. The Bertz CT molecular complexity index is 900. The average Bonchev–Trinajstić information content (AvgIpc) is 3.11. The van der Waals surface area contributed by atoms with Crippen LogP contribution in [-0.2, 0) is 4.79 Å². The number of hydrogen-bond acceptors (Lipinski definition) is 4. The maximum atomic E-state index is 12.4. The zero-order valence-electron chi connectivity index (χ0n) is 14.6. The fraction of sp³-hybridized carbons (Fsp3) is 0.211. The van der Waals surface area contributed by atoms with Crippen LogP contribution in [0.15, 0.2) is 42.5 Å². The number of carbonyl (C=O) groups is 3. The summed E-state index contributed by atoms with van der Waals surface area (Å²) in [6, 6.07) is 11.3. The van der Waals surface area contributed by atoms with Crippen LogP contribution < -0.4 is 20.5 Å². The van der Waals surface area contributed by atoms with Gasteiger partial charge in [0.25, 0.3) is 11.8 Å². The minimum absolute atomic E-state index is 0.0360. The van der Waals surface area contributed by atoms with E-state index in [9.17, 15) is 14.4 Å². The van der Waals surface area contributed by atoms with Crippen LogP contribution in [0.4, 0.5) is 5.69 Å². The highest BCUT2D eigenvalue weighted by atomic mass is 35.5. The minimum atomic E-state index is -0.562. The first-order valence-corrected chi connectivity index (χ1v) is 8.72. The van der Waals surface area contributed by atoms with Crippen molar-refractivity contribution in [3.63, 3.8) is 0 Å². The molecular formula is C19H18ClN3O4. The number of nitrogens with zero attached hydrogens (tertiary/aromatic N) is 1. The first-order chi connectivity index (χ1) is 13.0. The molecule has 1 saturated heterocycles. The normalized spacial score (nSPS) is 13.4. The van der Waals surface area contributed by atoms with Gasteiger partial charge < -0.3 is 9.64 Å². The van der Waals surface area contributed by atoms with Crippen molar-refractivity contribution in [3.8, 4) is 5.75 Å². The molecule has 0 radical (unpaired) electrons. The summed E-state index contributed by atoms with van der Waals surface area (Å²) in [5.74, 6) is -0.693. The van der Waals surface area contributed by atoms with Crippen LogP contribution in [-0.4, -0.2) is 31.4 Å². The van der Waals surface area contributed by atoms with E-state index in [1.165, 1.54) is 13.2 Å². The summed E-state index contributed by atoms with van der Waals surface area (Å²) >= 11 is 5.91. The molecule has 8 heteroatoms. The summed E-state index contributed by atoms with van der Waals surface area (Å²) in [4.78, 5) is 38.2. The van der Waals surface area contributed by atoms with E-state index >= 15 is 0 Å². The van der Waals surface area contributed by atoms with E-state index in [1.807, 2.05) is 0 Å². The highest BCUT2D eigenvalue weighted by molar-refractivity contribution is 6.31. The molecule has 1 heterocycles.